The zero-order valence-electron chi connectivity index (χ0n) is 15.7. The maximum absolute atomic E-state index is 15.1. The number of aliphatic hydroxyl groups is 1. The molecule has 1 aromatic carbocycles. The molecule has 0 amide bonds. The van der Waals surface area contributed by atoms with Crippen LogP contribution in [0.5, 0.6) is 0 Å². The molecule has 0 spiro atoms. The average Bonchev–Trinajstić information content (AvgIpc) is 3.11. The Morgan fingerprint density at radius 3 is 2.60 bits per heavy atom. The molecule has 0 radical (unpaired) electrons. The second kappa shape index (κ2) is 7.13. The number of β-amino-alcohol motifs (C(OH)–C–C–N with tert-alkyl or cyclic N) is 1. The average molecular weight is 419 g/mol. The van der Waals surface area contributed by atoms with Crippen molar-refractivity contribution in [1.29, 1.82) is 0 Å². The van der Waals surface area contributed by atoms with Gasteiger partial charge in [-0.15, -0.1) is 0 Å². The van der Waals surface area contributed by atoms with E-state index in [1.54, 1.807) is 0 Å². The number of aromatic nitrogens is 2. The molecular weight excluding hydrogens is 403 g/mol. The summed E-state index contributed by atoms with van der Waals surface area (Å²) in [5.74, 6) is -4.41. The van der Waals surface area contributed by atoms with Crippen LogP contribution in [0.4, 0.5) is 19.0 Å². The standard InChI is InChI=1S/C20H16F3N3O4/c1-9-15-17(28)12(20(29)30)8-26(14-3-2-10(21)6-13(14)22)18(15)24-19(16(9)23)25-5-4-11(27)7-25/h2-3,6,8,11,27H,4-5,7H2,1H3,(H,29,30)/t11-/m0/s1. The molecule has 0 saturated carbocycles. The number of fused-ring (bicyclic) bond motifs is 1. The van der Waals surface area contributed by atoms with Gasteiger partial charge in [-0.2, -0.15) is 0 Å². The third-order valence-corrected chi connectivity index (χ3v) is 5.16. The first-order chi connectivity index (χ1) is 14.2. The maximum atomic E-state index is 15.1. The Kier molecular flexibility index (Phi) is 4.73. The van der Waals surface area contributed by atoms with Gasteiger partial charge in [0, 0.05) is 30.9 Å². The molecule has 3 aromatic rings. The van der Waals surface area contributed by atoms with Crippen molar-refractivity contribution >= 4 is 22.8 Å². The van der Waals surface area contributed by atoms with E-state index in [1.807, 2.05) is 0 Å². The molecule has 1 fully saturated rings. The van der Waals surface area contributed by atoms with Crippen molar-refractivity contribution in [3.05, 3.63) is 63.2 Å². The molecule has 7 nitrogen and oxygen atoms in total. The molecule has 0 unspecified atom stereocenters. The molecule has 1 saturated heterocycles. The Morgan fingerprint density at radius 2 is 2.00 bits per heavy atom. The lowest BCUT2D eigenvalue weighted by atomic mass is 10.1. The van der Waals surface area contributed by atoms with Crippen LogP contribution < -0.4 is 10.3 Å². The van der Waals surface area contributed by atoms with Gasteiger partial charge in [-0.05, 0) is 25.5 Å². The van der Waals surface area contributed by atoms with Crippen LogP contribution in [-0.2, 0) is 0 Å². The fourth-order valence-electron chi connectivity index (χ4n) is 3.64. The van der Waals surface area contributed by atoms with Crippen molar-refractivity contribution in [1.82, 2.24) is 9.55 Å². The van der Waals surface area contributed by atoms with E-state index in [2.05, 4.69) is 4.98 Å². The summed E-state index contributed by atoms with van der Waals surface area (Å²) in [4.78, 5) is 30.0. The fourth-order valence-corrected chi connectivity index (χ4v) is 3.64. The van der Waals surface area contributed by atoms with Crippen LogP contribution in [0.2, 0.25) is 0 Å². The Labute approximate surface area is 167 Å². The van der Waals surface area contributed by atoms with Crippen molar-refractivity contribution in [2.24, 2.45) is 0 Å². The smallest absolute Gasteiger partial charge is 0.341 e. The molecule has 1 aliphatic heterocycles. The van der Waals surface area contributed by atoms with Crippen LogP contribution in [0, 0.1) is 24.4 Å². The third-order valence-electron chi connectivity index (χ3n) is 5.16. The van der Waals surface area contributed by atoms with Gasteiger partial charge >= 0.3 is 5.97 Å². The monoisotopic (exact) mass is 419 g/mol. The Bertz CT molecular complexity index is 1260. The van der Waals surface area contributed by atoms with Crippen LogP contribution >= 0.6 is 0 Å². The second-order valence-electron chi connectivity index (χ2n) is 7.10. The minimum atomic E-state index is -1.58. The van der Waals surface area contributed by atoms with E-state index in [0.29, 0.717) is 19.0 Å². The number of aliphatic hydroxyl groups excluding tert-OH is 1. The summed E-state index contributed by atoms with van der Waals surface area (Å²) in [6, 6.07) is 2.64. The molecule has 2 aromatic heterocycles. The van der Waals surface area contributed by atoms with Crippen LogP contribution in [0.3, 0.4) is 0 Å². The van der Waals surface area contributed by atoms with Gasteiger partial charge in [0.15, 0.2) is 17.3 Å². The van der Waals surface area contributed by atoms with Gasteiger partial charge in [-0.25, -0.2) is 22.9 Å². The highest BCUT2D eigenvalue weighted by atomic mass is 19.1. The van der Waals surface area contributed by atoms with Crippen molar-refractivity contribution in [3.63, 3.8) is 0 Å². The summed E-state index contributed by atoms with van der Waals surface area (Å²) < 4.78 is 44.0. The third kappa shape index (κ3) is 3.09. The summed E-state index contributed by atoms with van der Waals surface area (Å²) in [6.45, 7) is 1.74. The SMILES string of the molecule is Cc1c(F)c(N2CC[C@H](O)C2)nc2c1c(=O)c(C(=O)O)cn2-c1ccc(F)cc1F. The van der Waals surface area contributed by atoms with Crippen LogP contribution in [-0.4, -0.2) is 44.9 Å². The van der Waals surface area contributed by atoms with Crippen LogP contribution in [0.1, 0.15) is 22.3 Å². The number of aromatic carboxylic acids is 1. The number of benzene rings is 1. The highest BCUT2D eigenvalue weighted by molar-refractivity contribution is 5.93. The zero-order valence-corrected chi connectivity index (χ0v) is 15.7. The summed E-state index contributed by atoms with van der Waals surface area (Å²) in [7, 11) is 0. The Hall–Kier alpha value is -3.40. The van der Waals surface area contributed by atoms with E-state index in [4.69, 9.17) is 0 Å². The van der Waals surface area contributed by atoms with Gasteiger partial charge in [-0.3, -0.25) is 9.36 Å². The fraction of sp³-hybridized carbons (Fsp3) is 0.250. The van der Waals surface area contributed by atoms with Crippen molar-refractivity contribution in [2.45, 2.75) is 19.4 Å². The lowest BCUT2D eigenvalue weighted by molar-refractivity contribution is 0.0695. The van der Waals surface area contributed by atoms with E-state index < -0.39 is 40.5 Å². The predicted molar refractivity (Wildman–Crippen MR) is 102 cm³/mol. The molecule has 1 atom stereocenters. The van der Waals surface area contributed by atoms with Gasteiger partial charge in [0.05, 0.1) is 17.2 Å². The summed E-state index contributed by atoms with van der Waals surface area (Å²) in [6.07, 6.45) is 0.611. The Morgan fingerprint density at radius 1 is 1.27 bits per heavy atom. The number of carbonyl (C=O) groups is 1. The molecular formula is C20H16F3N3O4. The van der Waals surface area contributed by atoms with Gasteiger partial charge in [-0.1, -0.05) is 0 Å². The normalized spacial score (nSPS) is 16.4. The predicted octanol–water partition coefficient (Wildman–Crippen LogP) is 2.38. The van der Waals surface area contributed by atoms with E-state index in [1.165, 1.54) is 11.8 Å². The highest BCUT2D eigenvalue weighted by Crippen LogP contribution is 2.30. The number of carboxylic acid groups (broad SMARTS) is 1. The number of hydrogen-bond donors (Lipinski definition) is 2. The van der Waals surface area contributed by atoms with Crippen molar-refractivity contribution in [3.8, 4) is 5.69 Å². The summed E-state index contributed by atoms with van der Waals surface area (Å²) in [5.41, 5.74) is -2.26. The number of halogens is 3. The van der Waals surface area contributed by atoms with Gasteiger partial charge < -0.3 is 15.1 Å². The lowest BCUT2D eigenvalue weighted by Gasteiger charge is -2.21. The molecule has 0 aliphatic carbocycles. The molecule has 4 rings (SSSR count). The summed E-state index contributed by atoms with van der Waals surface area (Å²) >= 11 is 0. The number of rotatable bonds is 3. The van der Waals surface area contributed by atoms with Crippen molar-refractivity contribution in [2.75, 3.05) is 18.0 Å². The number of carboxylic acids is 1. The number of aryl methyl sites for hydroxylation is 1. The maximum Gasteiger partial charge on any atom is 0.341 e. The topological polar surface area (TPSA) is 95.7 Å². The number of anilines is 1. The van der Waals surface area contributed by atoms with E-state index in [-0.39, 0.29) is 34.6 Å². The second-order valence-corrected chi connectivity index (χ2v) is 7.10. The molecule has 1 aliphatic rings. The first kappa shape index (κ1) is 19.9. The first-order valence-corrected chi connectivity index (χ1v) is 9.06. The lowest BCUT2D eigenvalue weighted by Crippen LogP contribution is -2.26. The summed E-state index contributed by atoms with van der Waals surface area (Å²) in [5, 5.41) is 18.9. The largest absolute Gasteiger partial charge is 0.477 e. The number of pyridine rings is 2. The van der Waals surface area contributed by atoms with Gasteiger partial charge in [0.25, 0.3) is 0 Å². The van der Waals surface area contributed by atoms with E-state index in [9.17, 15) is 28.6 Å². The number of nitrogens with zero attached hydrogens (tertiary/aromatic N) is 3. The van der Waals surface area contributed by atoms with E-state index in [0.717, 1.165) is 22.9 Å². The first-order valence-electron chi connectivity index (χ1n) is 9.06. The van der Waals surface area contributed by atoms with Gasteiger partial charge in [0.1, 0.15) is 17.2 Å². The molecule has 30 heavy (non-hydrogen) atoms. The van der Waals surface area contributed by atoms with Gasteiger partial charge in [0.2, 0.25) is 5.43 Å². The Balaban J connectivity index is 2.11. The minimum Gasteiger partial charge on any atom is -0.477 e. The minimum absolute atomic E-state index is 0.122. The van der Waals surface area contributed by atoms with Crippen LogP contribution in [0.25, 0.3) is 16.7 Å². The quantitative estimate of drug-likeness (QED) is 0.677. The zero-order chi connectivity index (χ0) is 21.7. The highest BCUT2D eigenvalue weighted by Gasteiger charge is 2.28. The van der Waals surface area contributed by atoms with Crippen LogP contribution in [0.15, 0.2) is 29.2 Å². The molecule has 156 valence electrons. The molecule has 3 heterocycles. The molecule has 2 N–H and O–H groups in total. The molecule has 0 bridgehead atoms. The van der Waals surface area contributed by atoms with E-state index >= 15 is 4.39 Å². The molecule has 10 heteroatoms. The van der Waals surface area contributed by atoms with Crippen molar-refractivity contribution < 1.29 is 28.2 Å². The number of hydrogen-bond acceptors (Lipinski definition) is 5.